The molecule has 3 saturated heterocycles. The summed E-state index contributed by atoms with van der Waals surface area (Å²) in [5.74, 6) is -3.30. The fraction of sp³-hybridized carbons (Fsp3) is 0.524. The van der Waals surface area contributed by atoms with Crippen LogP contribution in [0.1, 0.15) is 138 Å². The zero-order valence-corrected chi connectivity index (χ0v) is 53.9. The fourth-order valence-corrected chi connectivity index (χ4v) is 13.6. The Morgan fingerprint density at radius 1 is 0.798 bits per heavy atom. The number of thiazole rings is 1. The molecule has 8 rings (SSSR count). The Labute approximate surface area is 524 Å². The molecule has 2 aromatic heterocycles. The van der Waals surface area contributed by atoms with Gasteiger partial charge in [-0.2, -0.15) is 8.78 Å². The summed E-state index contributed by atoms with van der Waals surface area (Å²) in [6.45, 7) is 14.9. The van der Waals surface area contributed by atoms with Crippen LogP contribution in [0.5, 0.6) is 0 Å². The van der Waals surface area contributed by atoms with Crippen LogP contribution in [0.3, 0.4) is 0 Å². The van der Waals surface area contributed by atoms with Crippen molar-refractivity contribution in [3.63, 3.8) is 0 Å². The third-order valence-electron chi connectivity index (χ3n) is 16.4. The summed E-state index contributed by atoms with van der Waals surface area (Å²) in [7, 11) is -5.87. The smallest absolute Gasteiger partial charge is 0.391 e. The number of unbranched alkanes of at least 4 members (excludes halogenated alkanes) is 3. The van der Waals surface area contributed by atoms with Gasteiger partial charge in [0.2, 0.25) is 35.4 Å². The minimum Gasteiger partial charge on any atom is -0.391 e. The number of halogens is 2. The van der Waals surface area contributed by atoms with Crippen molar-refractivity contribution in [3.05, 3.63) is 112 Å². The number of rotatable bonds is 23. The Kier molecular flexibility index (Phi) is 22.1. The number of carbonyl (C=O) groups excluding carboxylic acids is 7. The van der Waals surface area contributed by atoms with Crippen molar-refractivity contribution in [2.45, 2.75) is 155 Å². The largest absolute Gasteiger partial charge is 0.399 e. The van der Waals surface area contributed by atoms with Gasteiger partial charge in [0.25, 0.3) is 5.91 Å². The van der Waals surface area contributed by atoms with E-state index in [1.807, 2.05) is 89.2 Å². The summed E-state index contributed by atoms with van der Waals surface area (Å²) in [5, 5.41) is 22.4. The number of aliphatic hydroxyl groups is 1. The number of amides is 7. The summed E-state index contributed by atoms with van der Waals surface area (Å²) in [5.41, 5.74) is -1.59. The number of nitrogens with one attached hydrogen (secondary N) is 4. The molecule has 3 aromatic carbocycles. The summed E-state index contributed by atoms with van der Waals surface area (Å²) < 4.78 is 53.4. The Morgan fingerprint density at radius 2 is 1.46 bits per heavy atom. The standard InChI is InChI=1S/C63H81F2N8O13PS2/c1-37(39-19-21-41(22-20-39)53-38(2)67-36-88-53)68-56(77)46-30-44(74)32-72(46)59(80)54(61(3,4)5)69-51(75)18-14-9-10-15-25-66-52(76)35-86-45-31-47(58(79)71-26-27-85-48(34-71)40-16-12-11-13-17-40)73(33-45)60(81)55(62(6,7)8)70-57(78)50-29-42-28-43(23-24-49(42)89-50)63(64,65)87(82,83)84/h11-13,16-17,19-24,28-29,36-37,44-48,54-55,74H,9-10,14-15,18,25-27,30-35H2,1-8H3,(H,66,76)(H,68,77)(H,69,75)(H,70,78)(H2,82,83,84)/t37-,44+,45-,46-,47-,48-,54+,55+/m0/s1. The number of likely N-dealkylation sites (tertiary alicyclic amines) is 2. The number of fused-ring (bicyclic) bond motifs is 1. The van der Waals surface area contributed by atoms with Gasteiger partial charge in [0.1, 0.15) is 36.9 Å². The second-order valence-electron chi connectivity index (χ2n) is 25.3. The maximum Gasteiger partial charge on any atom is 0.399 e. The molecular formula is C63H81F2N8O13PS2. The van der Waals surface area contributed by atoms with E-state index in [4.69, 9.17) is 9.47 Å². The van der Waals surface area contributed by atoms with Gasteiger partial charge in [-0.05, 0) is 77.8 Å². The third-order valence-corrected chi connectivity index (χ3v) is 19.5. The molecule has 7 amide bonds. The van der Waals surface area contributed by atoms with E-state index in [1.165, 1.54) is 21.9 Å². The first-order valence-electron chi connectivity index (χ1n) is 29.9. The highest BCUT2D eigenvalue weighted by atomic mass is 32.1. The van der Waals surface area contributed by atoms with Crippen LogP contribution in [-0.2, 0) is 48.5 Å². The van der Waals surface area contributed by atoms with Crippen molar-refractivity contribution in [3.8, 4) is 10.4 Å². The number of nitrogens with zero attached hydrogens (tertiary/aromatic N) is 4. The number of alkyl halides is 2. The van der Waals surface area contributed by atoms with Crippen molar-refractivity contribution >= 4 is 81.7 Å². The topological polar surface area (TPSA) is 286 Å². The monoisotopic (exact) mass is 1290 g/mol. The quantitative estimate of drug-likeness (QED) is 0.0243. The van der Waals surface area contributed by atoms with Gasteiger partial charge in [-0.1, -0.05) is 115 Å². The van der Waals surface area contributed by atoms with Crippen molar-refractivity contribution < 1.29 is 71.3 Å². The number of aromatic nitrogens is 1. The molecule has 5 heterocycles. The lowest BCUT2D eigenvalue weighted by Gasteiger charge is -2.38. The van der Waals surface area contributed by atoms with E-state index in [1.54, 1.807) is 42.5 Å². The van der Waals surface area contributed by atoms with Crippen molar-refractivity contribution in [2.75, 3.05) is 45.9 Å². The lowest BCUT2D eigenvalue weighted by molar-refractivity contribution is -0.150. The summed E-state index contributed by atoms with van der Waals surface area (Å²) >= 11 is 2.48. The fourth-order valence-electron chi connectivity index (χ4n) is 11.3. The molecule has 3 fully saturated rings. The lowest BCUT2D eigenvalue weighted by atomic mass is 9.85. The van der Waals surface area contributed by atoms with E-state index in [2.05, 4.69) is 26.3 Å². The molecule has 7 N–H and O–H groups in total. The summed E-state index contributed by atoms with van der Waals surface area (Å²) in [6, 6.07) is 17.0. The zero-order valence-electron chi connectivity index (χ0n) is 51.3. The number of thiophene rings is 1. The molecular weight excluding hydrogens is 1210 g/mol. The second kappa shape index (κ2) is 28.7. The van der Waals surface area contributed by atoms with Gasteiger partial charge in [-0.3, -0.25) is 38.1 Å². The molecule has 0 spiro atoms. The van der Waals surface area contributed by atoms with Gasteiger partial charge >= 0.3 is 13.3 Å². The number of ether oxygens (including phenoxy) is 2. The first-order valence-corrected chi connectivity index (χ1v) is 33.2. The van der Waals surface area contributed by atoms with Crippen LogP contribution in [0.2, 0.25) is 0 Å². The Morgan fingerprint density at radius 3 is 2.11 bits per heavy atom. The van der Waals surface area contributed by atoms with Gasteiger partial charge in [0.15, 0.2) is 0 Å². The molecule has 0 saturated carbocycles. The van der Waals surface area contributed by atoms with Crippen LogP contribution in [-0.4, -0.2) is 158 Å². The average molecular weight is 1290 g/mol. The average Bonchev–Trinajstić information content (AvgIpc) is 1.88. The van der Waals surface area contributed by atoms with Gasteiger partial charge in [-0.15, -0.1) is 22.7 Å². The lowest BCUT2D eigenvalue weighted by Crippen LogP contribution is -2.58. The molecule has 5 aromatic rings. The predicted molar refractivity (Wildman–Crippen MR) is 332 cm³/mol. The van der Waals surface area contributed by atoms with Crippen LogP contribution in [0.25, 0.3) is 20.5 Å². The molecule has 8 atom stereocenters. The maximum atomic E-state index is 14.9. The molecule has 0 bridgehead atoms. The number of hydrogen-bond acceptors (Lipinski definition) is 14. The van der Waals surface area contributed by atoms with Crippen LogP contribution < -0.4 is 21.3 Å². The number of carbonyl (C=O) groups is 7. The van der Waals surface area contributed by atoms with E-state index in [9.17, 15) is 61.8 Å². The van der Waals surface area contributed by atoms with E-state index in [0.29, 0.717) is 36.9 Å². The Balaban J connectivity index is 0.818. The van der Waals surface area contributed by atoms with E-state index in [-0.39, 0.29) is 86.8 Å². The molecule has 89 heavy (non-hydrogen) atoms. The number of hydrogen-bond donors (Lipinski definition) is 7. The molecule has 21 nitrogen and oxygen atoms in total. The second-order valence-corrected chi connectivity index (χ2v) is 28.9. The number of β-amino-alcohol motifs (C(OH)–C–C–N with tert-alkyl or cyclic N) is 1. The normalized spacial score (nSPS) is 20.2. The van der Waals surface area contributed by atoms with Crippen LogP contribution in [0, 0.1) is 17.8 Å². The molecule has 0 aliphatic carbocycles. The van der Waals surface area contributed by atoms with Gasteiger partial charge in [0.05, 0.1) is 52.4 Å². The molecule has 26 heteroatoms. The highest BCUT2D eigenvalue weighted by molar-refractivity contribution is 7.52. The van der Waals surface area contributed by atoms with Crippen LogP contribution in [0.15, 0.2) is 84.4 Å². The zero-order chi connectivity index (χ0) is 64.8. The Hall–Kier alpha value is -6.57. The molecule has 0 unspecified atom stereocenters. The first-order chi connectivity index (χ1) is 41.9. The first kappa shape index (κ1) is 68.3. The van der Waals surface area contributed by atoms with Crippen molar-refractivity contribution in [2.24, 2.45) is 10.8 Å². The predicted octanol–water partition coefficient (Wildman–Crippen LogP) is 7.73. The highest BCUT2D eigenvalue weighted by Crippen LogP contribution is 2.59. The summed E-state index contributed by atoms with van der Waals surface area (Å²) in [4.78, 5) is 127. The minimum absolute atomic E-state index is 0.0365. The van der Waals surface area contributed by atoms with Gasteiger partial charge in [-0.25, -0.2) is 4.98 Å². The van der Waals surface area contributed by atoms with Crippen molar-refractivity contribution in [1.82, 2.24) is 41.0 Å². The SMILES string of the molecule is Cc1ncsc1-c1ccc([C@H](C)NC(=O)[C@@H]2C[C@@H](O)CN2C(=O)[C@@H](NC(=O)CCCCCCNC(=O)CO[C@H]2C[C@@H](C(=O)N3CCO[C@H](c4ccccc4)C3)N(C(=O)[C@@H](NC(=O)c3cc4cc(C(F)(F)P(=O)(O)O)ccc4s3)C(C)(C)C)C2)C(C)(C)C)cc1. The van der Waals surface area contributed by atoms with Gasteiger partial charge in [0, 0.05) is 55.7 Å². The highest BCUT2D eigenvalue weighted by Gasteiger charge is 2.51. The number of morpholine rings is 1. The molecule has 0 radical (unpaired) electrons. The van der Waals surface area contributed by atoms with Crippen LogP contribution in [0.4, 0.5) is 8.78 Å². The van der Waals surface area contributed by atoms with E-state index < -0.39 is 102 Å². The molecule has 3 aliphatic heterocycles. The Bertz CT molecular complexity index is 3410. The van der Waals surface area contributed by atoms with Crippen molar-refractivity contribution in [1.29, 1.82) is 0 Å². The minimum atomic E-state index is -5.87. The van der Waals surface area contributed by atoms with E-state index >= 15 is 0 Å². The number of aryl methyl sites for hydroxylation is 1. The van der Waals surface area contributed by atoms with Crippen LogP contribution >= 0.6 is 30.3 Å². The number of aliphatic hydroxyl groups excluding tert-OH is 1. The third kappa shape index (κ3) is 16.9. The molecule has 482 valence electrons. The summed E-state index contributed by atoms with van der Waals surface area (Å²) in [6.07, 6.45) is 0.479. The van der Waals surface area contributed by atoms with Gasteiger partial charge < -0.3 is 60.3 Å². The number of benzene rings is 3. The molecule has 3 aliphatic rings. The maximum absolute atomic E-state index is 14.9. The van der Waals surface area contributed by atoms with E-state index in [0.717, 1.165) is 50.7 Å².